The molecular formula is C18H17N3O2. The minimum atomic E-state index is -0.738. The van der Waals surface area contributed by atoms with E-state index in [0.29, 0.717) is 37.3 Å². The van der Waals surface area contributed by atoms with Crippen molar-refractivity contribution in [1.82, 2.24) is 4.98 Å². The summed E-state index contributed by atoms with van der Waals surface area (Å²) in [6, 6.07) is 13.9. The van der Waals surface area contributed by atoms with E-state index in [0.717, 1.165) is 11.1 Å². The molecule has 5 heteroatoms. The van der Waals surface area contributed by atoms with Crippen molar-refractivity contribution in [3.8, 4) is 17.2 Å². The maximum absolute atomic E-state index is 11.0. The first kappa shape index (κ1) is 15.0. The van der Waals surface area contributed by atoms with E-state index in [1.165, 1.54) is 0 Å². The summed E-state index contributed by atoms with van der Waals surface area (Å²) in [5.41, 5.74) is 2.46. The summed E-state index contributed by atoms with van der Waals surface area (Å²) in [6.07, 6.45) is 2.94. The summed E-state index contributed by atoms with van der Waals surface area (Å²) in [5, 5.41) is 18.5. The zero-order valence-corrected chi connectivity index (χ0v) is 12.6. The van der Waals surface area contributed by atoms with Crippen LogP contribution in [0.2, 0.25) is 0 Å². The molecule has 0 unspecified atom stereocenters. The molecule has 1 aromatic carbocycles. The van der Waals surface area contributed by atoms with Crippen LogP contribution in [0.25, 0.3) is 11.1 Å². The van der Waals surface area contributed by atoms with Gasteiger partial charge in [-0.25, -0.2) is 4.98 Å². The van der Waals surface area contributed by atoms with E-state index in [2.05, 4.69) is 11.1 Å². The highest BCUT2D eigenvalue weighted by Gasteiger charge is 2.26. The van der Waals surface area contributed by atoms with Crippen LogP contribution in [-0.4, -0.2) is 29.1 Å². The van der Waals surface area contributed by atoms with Gasteiger partial charge in [0.15, 0.2) is 0 Å². The summed E-state index contributed by atoms with van der Waals surface area (Å²) < 4.78 is 0. The zero-order chi connectivity index (χ0) is 16.2. The summed E-state index contributed by atoms with van der Waals surface area (Å²) in [6.45, 7) is 1.23. The molecule has 1 aromatic heterocycles. The van der Waals surface area contributed by atoms with Crippen LogP contribution in [0.4, 0.5) is 5.82 Å². The quantitative estimate of drug-likeness (QED) is 0.943. The second-order valence-corrected chi connectivity index (χ2v) is 5.67. The first-order valence-corrected chi connectivity index (χ1v) is 7.62. The van der Waals surface area contributed by atoms with E-state index in [4.69, 9.17) is 5.11 Å². The van der Waals surface area contributed by atoms with E-state index < -0.39 is 5.97 Å². The molecule has 0 spiro atoms. The van der Waals surface area contributed by atoms with Gasteiger partial charge in [0.05, 0.1) is 11.5 Å². The first-order valence-electron chi connectivity index (χ1n) is 7.62. The number of aromatic nitrogens is 1. The van der Waals surface area contributed by atoms with Crippen LogP contribution in [0.1, 0.15) is 18.4 Å². The third kappa shape index (κ3) is 3.16. The second-order valence-electron chi connectivity index (χ2n) is 5.67. The van der Waals surface area contributed by atoms with Crippen molar-refractivity contribution in [3.63, 3.8) is 0 Å². The molecule has 5 nitrogen and oxygen atoms in total. The van der Waals surface area contributed by atoms with Gasteiger partial charge >= 0.3 is 5.97 Å². The Morgan fingerprint density at radius 3 is 2.52 bits per heavy atom. The number of rotatable bonds is 3. The van der Waals surface area contributed by atoms with Crippen molar-refractivity contribution < 1.29 is 9.90 Å². The van der Waals surface area contributed by atoms with Crippen LogP contribution < -0.4 is 4.90 Å². The second kappa shape index (κ2) is 6.49. The van der Waals surface area contributed by atoms with Crippen LogP contribution in [-0.2, 0) is 4.79 Å². The Balaban J connectivity index is 1.84. The van der Waals surface area contributed by atoms with Gasteiger partial charge in [0, 0.05) is 24.8 Å². The Hall–Kier alpha value is -2.87. The number of carbonyl (C=O) groups is 1. The number of nitrogens with zero attached hydrogens (tertiary/aromatic N) is 3. The van der Waals surface area contributed by atoms with Gasteiger partial charge in [-0.3, -0.25) is 4.79 Å². The fourth-order valence-electron chi connectivity index (χ4n) is 2.92. The Morgan fingerprint density at radius 2 is 1.91 bits per heavy atom. The molecule has 1 N–H and O–H groups in total. The van der Waals surface area contributed by atoms with E-state index in [9.17, 15) is 10.1 Å². The molecule has 116 valence electrons. The molecule has 0 atom stereocenters. The SMILES string of the molecule is N#Cc1cc(-c2ccccc2)cnc1N1CCC(C(=O)O)CC1. The van der Waals surface area contributed by atoms with Crippen LogP contribution >= 0.6 is 0 Å². The maximum atomic E-state index is 11.0. The van der Waals surface area contributed by atoms with Crippen LogP contribution in [0.3, 0.4) is 0 Å². The fourth-order valence-corrected chi connectivity index (χ4v) is 2.92. The van der Waals surface area contributed by atoms with Crippen molar-refractivity contribution in [2.45, 2.75) is 12.8 Å². The van der Waals surface area contributed by atoms with Crippen LogP contribution in [0.5, 0.6) is 0 Å². The lowest BCUT2D eigenvalue weighted by Gasteiger charge is -2.31. The van der Waals surface area contributed by atoms with E-state index in [-0.39, 0.29) is 5.92 Å². The third-order valence-corrected chi connectivity index (χ3v) is 4.24. The van der Waals surface area contributed by atoms with Crippen LogP contribution in [0.15, 0.2) is 42.6 Å². The van der Waals surface area contributed by atoms with Gasteiger partial charge in [-0.15, -0.1) is 0 Å². The van der Waals surface area contributed by atoms with Gasteiger partial charge in [0.1, 0.15) is 11.9 Å². The monoisotopic (exact) mass is 307 g/mol. The summed E-state index contributed by atoms with van der Waals surface area (Å²) >= 11 is 0. The molecule has 2 heterocycles. The van der Waals surface area contributed by atoms with Crippen molar-refractivity contribution in [1.29, 1.82) is 5.26 Å². The number of benzene rings is 1. The molecule has 1 fully saturated rings. The normalized spacial score (nSPS) is 15.2. The standard InChI is InChI=1S/C18H17N3O2/c19-11-15-10-16(13-4-2-1-3-5-13)12-20-17(15)21-8-6-14(7-9-21)18(22)23/h1-5,10,12,14H,6-9H2,(H,22,23). The number of anilines is 1. The largest absolute Gasteiger partial charge is 0.481 e. The molecule has 3 rings (SSSR count). The van der Waals surface area contributed by atoms with E-state index in [1.807, 2.05) is 41.3 Å². The molecule has 0 amide bonds. The summed E-state index contributed by atoms with van der Waals surface area (Å²) in [4.78, 5) is 17.5. The number of hydrogen-bond donors (Lipinski definition) is 1. The summed E-state index contributed by atoms with van der Waals surface area (Å²) in [7, 11) is 0. The number of pyridine rings is 1. The Labute approximate surface area is 134 Å². The highest BCUT2D eigenvalue weighted by molar-refractivity contribution is 5.71. The number of carboxylic acid groups (broad SMARTS) is 1. The van der Waals surface area contributed by atoms with Gasteiger partial charge in [0.2, 0.25) is 0 Å². The number of nitriles is 1. The van der Waals surface area contributed by atoms with Gasteiger partial charge < -0.3 is 10.0 Å². The number of hydrogen-bond acceptors (Lipinski definition) is 4. The van der Waals surface area contributed by atoms with Gasteiger partial charge in [-0.05, 0) is 24.5 Å². The predicted octanol–water partition coefficient (Wildman–Crippen LogP) is 2.92. The molecule has 1 aliphatic heterocycles. The molecule has 1 aliphatic rings. The van der Waals surface area contributed by atoms with E-state index >= 15 is 0 Å². The number of carboxylic acids is 1. The Kier molecular flexibility index (Phi) is 4.24. The smallest absolute Gasteiger partial charge is 0.306 e. The zero-order valence-electron chi connectivity index (χ0n) is 12.6. The Bertz CT molecular complexity index is 745. The first-order chi connectivity index (χ1) is 11.2. The van der Waals surface area contributed by atoms with Crippen LogP contribution in [0, 0.1) is 17.2 Å². The Morgan fingerprint density at radius 1 is 1.22 bits per heavy atom. The molecule has 0 aliphatic carbocycles. The van der Waals surface area contributed by atoms with E-state index in [1.54, 1.807) is 6.20 Å². The highest BCUT2D eigenvalue weighted by atomic mass is 16.4. The maximum Gasteiger partial charge on any atom is 0.306 e. The van der Waals surface area contributed by atoms with Crippen molar-refractivity contribution in [2.24, 2.45) is 5.92 Å². The predicted molar refractivity (Wildman–Crippen MR) is 87.0 cm³/mol. The molecule has 1 saturated heterocycles. The molecule has 0 saturated carbocycles. The molecule has 0 radical (unpaired) electrons. The average Bonchev–Trinajstić information content (AvgIpc) is 2.62. The lowest BCUT2D eigenvalue weighted by Crippen LogP contribution is -2.37. The van der Waals surface area contributed by atoms with Crippen molar-refractivity contribution in [3.05, 3.63) is 48.2 Å². The molecule has 0 bridgehead atoms. The minimum Gasteiger partial charge on any atom is -0.481 e. The van der Waals surface area contributed by atoms with Crippen molar-refractivity contribution in [2.75, 3.05) is 18.0 Å². The average molecular weight is 307 g/mol. The highest BCUT2D eigenvalue weighted by Crippen LogP contribution is 2.28. The summed E-state index contributed by atoms with van der Waals surface area (Å²) in [5.74, 6) is -0.381. The fraction of sp³-hybridized carbons (Fsp3) is 0.278. The molecular weight excluding hydrogens is 290 g/mol. The third-order valence-electron chi connectivity index (χ3n) is 4.24. The number of aliphatic carboxylic acids is 1. The molecule has 2 aromatic rings. The van der Waals surface area contributed by atoms with Crippen molar-refractivity contribution >= 4 is 11.8 Å². The topological polar surface area (TPSA) is 77.2 Å². The van der Waals surface area contributed by atoms with Gasteiger partial charge in [0.25, 0.3) is 0 Å². The van der Waals surface area contributed by atoms with Gasteiger partial charge in [-0.1, -0.05) is 30.3 Å². The lowest BCUT2D eigenvalue weighted by molar-refractivity contribution is -0.142. The molecule has 23 heavy (non-hydrogen) atoms. The lowest BCUT2D eigenvalue weighted by atomic mass is 9.96. The van der Waals surface area contributed by atoms with Gasteiger partial charge in [-0.2, -0.15) is 5.26 Å². The minimum absolute atomic E-state index is 0.291. The number of piperidine rings is 1.